The summed E-state index contributed by atoms with van der Waals surface area (Å²) in [6, 6.07) is 10.5. The molecule has 4 rings (SSSR count). The Hall–Kier alpha value is -2.40. The molecule has 2 aromatic rings. The number of carboxylic acids is 1. The fourth-order valence-electron chi connectivity index (χ4n) is 3.34. The number of fused-ring (bicyclic) bond motifs is 3. The highest BCUT2D eigenvalue weighted by Gasteiger charge is 2.40. The van der Waals surface area contributed by atoms with Crippen LogP contribution < -0.4 is 14.8 Å². The Kier molecular flexibility index (Phi) is 3.53. The van der Waals surface area contributed by atoms with Crippen LogP contribution in [0, 0.1) is 0 Å². The number of ether oxygens (including phenoxy) is 2. The van der Waals surface area contributed by atoms with Crippen LogP contribution in [0.15, 0.2) is 36.4 Å². The molecule has 24 heavy (non-hydrogen) atoms. The Bertz CT molecular complexity index is 823. The molecule has 2 heterocycles. The molecular weight excluding hydrogens is 330 g/mol. The minimum absolute atomic E-state index is 0.236. The fraction of sp³-hybridized carbons (Fsp3) is 0.278. The van der Waals surface area contributed by atoms with E-state index in [1.165, 1.54) is 0 Å². The van der Waals surface area contributed by atoms with Crippen LogP contribution in [-0.4, -0.2) is 30.8 Å². The van der Waals surface area contributed by atoms with Crippen LogP contribution in [0.5, 0.6) is 11.5 Å². The fourth-order valence-corrected chi connectivity index (χ4v) is 3.50. The predicted octanol–water partition coefficient (Wildman–Crippen LogP) is 3.56. The number of rotatable bonds is 1. The number of benzene rings is 2. The monoisotopic (exact) mass is 345 g/mol. The van der Waals surface area contributed by atoms with Gasteiger partial charge in [-0.05, 0) is 36.8 Å². The zero-order chi connectivity index (χ0) is 16.7. The molecule has 1 atom stereocenters. The topological polar surface area (TPSA) is 67.8 Å². The standard InChI is InChI=1S/C18H16ClNO4/c19-12-2-3-13-16(8-12)23-6-5-18(13)9-20-14-7-11(17(21)22)1-4-15(14)24-10-18/h1-4,7-8,20H,5-6,9-10H2,(H,21,22). The third-order valence-corrected chi connectivity index (χ3v) is 4.94. The highest BCUT2D eigenvalue weighted by molar-refractivity contribution is 6.30. The van der Waals surface area contributed by atoms with Crippen LogP contribution in [0.25, 0.3) is 0 Å². The van der Waals surface area contributed by atoms with Crippen LogP contribution >= 0.6 is 11.6 Å². The lowest BCUT2D eigenvalue weighted by Gasteiger charge is -2.37. The van der Waals surface area contributed by atoms with E-state index in [-0.39, 0.29) is 11.0 Å². The molecule has 1 unspecified atom stereocenters. The van der Waals surface area contributed by atoms with Gasteiger partial charge >= 0.3 is 5.97 Å². The first-order valence-electron chi connectivity index (χ1n) is 7.74. The van der Waals surface area contributed by atoms with Gasteiger partial charge in [-0.3, -0.25) is 0 Å². The summed E-state index contributed by atoms with van der Waals surface area (Å²) >= 11 is 6.07. The van der Waals surface area contributed by atoms with Crippen molar-refractivity contribution < 1.29 is 19.4 Å². The lowest BCUT2D eigenvalue weighted by Crippen LogP contribution is -2.43. The highest BCUT2D eigenvalue weighted by Crippen LogP contribution is 2.43. The van der Waals surface area contributed by atoms with E-state index in [9.17, 15) is 4.79 Å². The number of carbonyl (C=O) groups is 1. The summed E-state index contributed by atoms with van der Waals surface area (Å²) in [5.41, 5.74) is 1.77. The average Bonchev–Trinajstić information content (AvgIpc) is 2.75. The molecule has 0 aromatic heterocycles. The smallest absolute Gasteiger partial charge is 0.335 e. The zero-order valence-corrected chi connectivity index (χ0v) is 13.6. The Morgan fingerprint density at radius 2 is 2.04 bits per heavy atom. The van der Waals surface area contributed by atoms with Crippen molar-refractivity contribution in [2.24, 2.45) is 0 Å². The number of nitrogens with one attached hydrogen (secondary N) is 1. The summed E-state index contributed by atoms with van der Waals surface area (Å²) in [5, 5.41) is 13.2. The van der Waals surface area contributed by atoms with E-state index in [4.69, 9.17) is 26.2 Å². The maximum atomic E-state index is 11.2. The lowest BCUT2D eigenvalue weighted by atomic mass is 9.76. The third-order valence-electron chi connectivity index (χ3n) is 4.70. The maximum absolute atomic E-state index is 11.2. The average molecular weight is 346 g/mol. The summed E-state index contributed by atoms with van der Waals surface area (Å²) in [4.78, 5) is 11.2. The third kappa shape index (κ3) is 2.45. The van der Waals surface area contributed by atoms with E-state index in [1.807, 2.05) is 18.2 Å². The van der Waals surface area contributed by atoms with Gasteiger partial charge in [0.15, 0.2) is 0 Å². The summed E-state index contributed by atoms with van der Waals surface area (Å²) < 4.78 is 11.8. The van der Waals surface area contributed by atoms with Crippen LogP contribution in [0.1, 0.15) is 22.3 Å². The van der Waals surface area contributed by atoms with Crippen LogP contribution in [0.4, 0.5) is 5.69 Å². The molecule has 2 N–H and O–H groups in total. The molecule has 0 fully saturated rings. The number of anilines is 1. The molecule has 0 saturated heterocycles. The normalized spacial score (nSPS) is 21.5. The minimum Gasteiger partial charge on any atom is -0.493 e. The van der Waals surface area contributed by atoms with Crippen molar-refractivity contribution in [1.29, 1.82) is 0 Å². The SMILES string of the molecule is O=C(O)c1ccc2c(c1)NCC1(CCOc3cc(Cl)ccc31)CO2. The molecule has 0 bridgehead atoms. The van der Waals surface area contributed by atoms with Crippen molar-refractivity contribution >= 4 is 23.3 Å². The number of hydrogen-bond donors (Lipinski definition) is 2. The van der Waals surface area contributed by atoms with Gasteiger partial charge in [0, 0.05) is 17.1 Å². The van der Waals surface area contributed by atoms with Gasteiger partial charge in [-0.25, -0.2) is 4.79 Å². The Morgan fingerprint density at radius 1 is 1.17 bits per heavy atom. The molecule has 6 heteroatoms. The maximum Gasteiger partial charge on any atom is 0.335 e. The quantitative estimate of drug-likeness (QED) is 0.827. The van der Waals surface area contributed by atoms with Gasteiger partial charge in [0.05, 0.1) is 29.9 Å². The Balaban J connectivity index is 1.70. The minimum atomic E-state index is -0.954. The zero-order valence-electron chi connectivity index (χ0n) is 12.8. The number of aromatic carboxylic acids is 1. The Labute approximate surface area is 144 Å². The van der Waals surface area contributed by atoms with E-state index >= 15 is 0 Å². The van der Waals surface area contributed by atoms with E-state index in [0.717, 1.165) is 17.7 Å². The predicted molar refractivity (Wildman–Crippen MR) is 90.6 cm³/mol. The van der Waals surface area contributed by atoms with Crippen molar-refractivity contribution in [3.8, 4) is 11.5 Å². The molecule has 1 spiro atoms. The van der Waals surface area contributed by atoms with Gasteiger partial charge < -0.3 is 19.9 Å². The van der Waals surface area contributed by atoms with Crippen molar-refractivity contribution in [3.05, 3.63) is 52.5 Å². The van der Waals surface area contributed by atoms with Crippen molar-refractivity contribution in [3.63, 3.8) is 0 Å². The number of carboxylic acid groups (broad SMARTS) is 1. The molecule has 2 aromatic carbocycles. The first kappa shape index (κ1) is 15.1. The molecule has 124 valence electrons. The molecule has 2 aliphatic rings. The van der Waals surface area contributed by atoms with E-state index in [1.54, 1.807) is 18.2 Å². The largest absolute Gasteiger partial charge is 0.493 e. The van der Waals surface area contributed by atoms with E-state index < -0.39 is 5.97 Å². The molecule has 0 radical (unpaired) electrons. The van der Waals surface area contributed by atoms with Gasteiger partial charge in [0.1, 0.15) is 11.5 Å². The van der Waals surface area contributed by atoms with Crippen LogP contribution in [0.2, 0.25) is 5.02 Å². The van der Waals surface area contributed by atoms with Crippen molar-refractivity contribution in [1.82, 2.24) is 0 Å². The van der Waals surface area contributed by atoms with Gasteiger partial charge in [0.25, 0.3) is 0 Å². The molecular formula is C18H16ClNO4. The lowest BCUT2D eigenvalue weighted by molar-refractivity contribution is 0.0697. The van der Waals surface area contributed by atoms with Gasteiger partial charge in [-0.1, -0.05) is 17.7 Å². The number of halogens is 1. The molecule has 0 aliphatic carbocycles. The van der Waals surface area contributed by atoms with E-state index in [2.05, 4.69) is 5.32 Å². The van der Waals surface area contributed by atoms with Gasteiger partial charge in [-0.2, -0.15) is 0 Å². The second kappa shape index (κ2) is 5.60. The van der Waals surface area contributed by atoms with Crippen molar-refractivity contribution in [2.45, 2.75) is 11.8 Å². The van der Waals surface area contributed by atoms with Gasteiger partial charge in [-0.15, -0.1) is 0 Å². The second-order valence-electron chi connectivity index (χ2n) is 6.18. The molecule has 0 saturated carbocycles. The molecule has 5 nitrogen and oxygen atoms in total. The van der Waals surface area contributed by atoms with Gasteiger partial charge in [0.2, 0.25) is 0 Å². The van der Waals surface area contributed by atoms with E-state index in [0.29, 0.717) is 36.2 Å². The molecule has 2 aliphatic heterocycles. The van der Waals surface area contributed by atoms with Crippen molar-refractivity contribution in [2.75, 3.05) is 25.1 Å². The summed E-state index contributed by atoms with van der Waals surface area (Å²) in [5.74, 6) is 0.500. The Morgan fingerprint density at radius 3 is 2.88 bits per heavy atom. The second-order valence-corrected chi connectivity index (χ2v) is 6.61. The first-order valence-corrected chi connectivity index (χ1v) is 8.12. The first-order chi connectivity index (χ1) is 11.6. The summed E-state index contributed by atoms with van der Waals surface area (Å²) in [6.45, 7) is 1.73. The van der Waals surface area contributed by atoms with Crippen LogP contribution in [-0.2, 0) is 5.41 Å². The highest BCUT2D eigenvalue weighted by atomic mass is 35.5. The summed E-state index contributed by atoms with van der Waals surface area (Å²) in [7, 11) is 0. The summed E-state index contributed by atoms with van der Waals surface area (Å²) in [6.07, 6.45) is 0.814. The van der Waals surface area contributed by atoms with Crippen LogP contribution in [0.3, 0.4) is 0 Å². The number of hydrogen-bond acceptors (Lipinski definition) is 4. The molecule has 0 amide bonds.